The molecule has 0 saturated carbocycles. The first kappa shape index (κ1) is 18.2. The van der Waals surface area contributed by atoms with E-state index in [4.69, 9.17) is 0 Å². The molecule has 0 radical (unpaired) electrons. The fourth-order valence-corrected chi connectivity index (χ4v) is 3.29. The topological polar surface area (TPSA) is 57.2 Å². The second-order valence-electron chi connectivity index (χ2n) is 6.90. The van der Waals surface area contributed by atoms with Crippen LogP contribution in [0.1, 0.15) is 11.1 Å². The van der Waals surface area contributed by atoms with Gasteiger partial charge in [-0.15, -0.1) is 5.10 Å². The predicted octanol–water partition coefficient (Wildman–Crippen LogP) is 3.26. The average Bonchev–Trinajstić information content (AvgIpc) is 2.74. The Kier molecular flexibility index (Phi) is 5.32. The van der Waals surface area contributed by atoms with Crippen LogP contribution in [0.4, 0.5) is 21.8 Å². The zero-order valence-electron chi connectivity index (χ0n) is 15.8. The number of anilines is 3. The molecule has 7 heteroatoms. The molecule has 0 spiro atoms. The molecule has 144 valence electrons. The van der Waals surface area contributed by atoms with Crippen molar-refractivity contribution in [1.82, 2.24) is 15.2 Å². The van der Waals surface area contributed by atoms with Gasteiger partial charge in [-0.05, 0) is 24.6 Å². The van der Waals surface area contributed by atoms with E-state index in [1.165, 1.54) is 11.6 Å². The van der Waals surface area contributed by atoms with E-state index in [-0.39, 0.29) is 5.82 Å². The molecule has 1 aliphatic heterocycles. The number of rotatable bonds is 5. The number of benzene rings is 2. The van der Waals surface area contributed by atoms with Crippen LogP contribution in [0, 0.1) is 12.7 Å². The van der Waals surface area contributed by atoms with E-state index in [0.717, 1.165) is 37.6 Å². The highest BCUT2D eigenvalue weighted by Gasteiger charge is 2.20. The van der Waals surface area contributed by atoms with Gasteiger partial charge in [0, 0.05) is 32.7 Å². The van der Waals surface area contributed by atoms with Crippen LogP contribution >= 0.6 is 0 Å². The maximum Gasteiger partial charge on any atom is 0.244 e. The molecule has 4 rings (SSSR count). The summed E-state index contributed by atoms with van der Waals surface area (Å²) in [7, 11) is 0. The van der Waals surface area contributed by atoms with E-state index in [2.05, 4.69) is 61.5 Å². The Morgan fingerprint density at radius 1 is 0.964 bits per heavy atom. The van der Waals surface area contributed by atoms with Crippen LogP contribution in [0.2, 0.25) is 0 Å². The van der Waals surface area contributed by atoms with Crippen LogP contribution in [0.15, 0.2) is 54.7 Å². The standard InChI is InChI=1S/C21H23FN6/c1-16-6-8-17(9-7-16)14-23-21-25-20(15-24-26-21)28-12-10-27(11-13-28)19-5-3-2-4-18(19)22/h2-9,15H,10-14H2,1H3,(H,23,25,26). The van der Waals surface area contributed by atoms with Crippen molar-refractivity contribution in [2.24, 2.45) is 0 Å². The molecular formula is C21H23FN6. The van der Waals surface area contributed by atoms with E-state index in [1.54, 1.807) is 12.3 Å². The molecule has 6 nitrogen and oxygen atoms in total. The van der Waals surface area contributed by atoms with Crippen molar-refractivity contribution in [2.45, 2.75) is 13.5 Å². The number of nitrogens with zero attached hydrogens (tertiary/aromatic N) is 5. The zero-order chi connectivity index (χ0) is 19.3. The van der Waals surface area contributed by atoms with Gasteiger partial charge in [0.25, 0.3) is 0 Å². The van der Waals surface area contributed by atoms with Gasteiger partial charge in [-0.3, -0.25) is 0 Å². The van der Waals surface area contributed by atoms with E-state index < -0.39 is 0 Å². The number of aryl methyl sites for hydroxylation is 1. The molecule has 1 saturated heterocycles. The van der Waals surface area contributed by atoms with Gasteiger partial charge in [-0.25, -0.2) is 4.39 Å². The smallest absolute Gasteiger partial charge is 0.244 e. The number of piperazine rings is 1. The van der Waals surface area contributed by atoms with Crippen molar-refractivity contribution in [2.75, 3.05) is 41.3 Å². The SMILES string of the molecule is Cc1ccc(CNc2nncc(N3CCN(c4ccccc4F)CC3)n2)cc1. The molecule has 1 fully saturated rings. The largest absolute Gasteiger partial charge is 0.366 e. The first-order chi connectivity index (χ1) is 13.7. The third-order valence-electron chi connectivity index (χ3n) is 4.91. The molecule has 1 aromatic heterocycles. The third-order valence-corrected chi connectivity index (χ3v) is 4.91. The minimum Gasteiger partial charge on any atom is -0.366 e. The zero-order valence-corrected chi connectivity index (χ0v) is 15.8. The Hall–Kier alpha value is -3.22. The van der Waals surface area contributed by atoms with Crippen LogP contribution in [-0.2, 0) is 6.54 Å². The van der Waals surface area contributed by atoms with Gasteiger partial charge >= 0.3 is 0 Å². The number of aromatic nitrogens is 3. The fraction of sp³-hybridized carbons (Fsp3) is 0.286. The summed E-state index contributed by atoms with van der Waals surface area (Å²) in [4.78, 5) is 8.82. The highest BCUT2D eigenvalue weighted by Crippen LogP contribution is 2.22. The second-order valence-corrected chi connectivity index (χ2v) is 6.90. The highest BCUT2D eigenvalue weighted by atomic mass is 19.1. The lowest BCUT2D eigenvalue weighted by Crippen LogP contribution is -2.47. The summed E-state index contributed by atoms with van der Waals surface area (Å²) in [6, 6.07) is 15.2. The van der Waals surface area contributed by atoms with Crippen LogP contribution < -0.4 is 15.1 Å². The highest BCUT2D eigenvalue weighted by molar-refractivity contribution is 5.50. The Labute approximate surface area is 164 Å². The van der Waals surface area contributed by atoms with Crippen LogP contribution in [0.3, 0.4) is 0 Å². The summed E-state index contributed by atoms with van der Waals surface area (Å²) in [5.74, 6) is 1.12. The molecule has 1 aliphatic rings. The summed E-state index contributed by atoms with van der Waals surface area (Å²) < 4.78 is 14.0. The second kappa shape index (κ2) is 8.21. The van der Waals surface area contributed by atoms with Gasteiger partial charge < -0.3 is 15.1 Å². The van der Waals surface area contributed by atoms with Crippen molar-refractivity contribution in [3.05, 3.63) is 71.7 Å². The number of para-hydroxylation sites is 1. The minimum absolute atomic E-state index is 0.178. The molecule has 28 heavy (non-hydrogen) atoms. The van der Waals surface area contributed by atoms with E-state index in [1.807, 2.05) is 12.1 Å². The Bertz CT molecular complexity index is 922. The molecule has 0 amide bonds. The maximum absolute atomic E-state index is 14.0. The molecule has 2 heterocycles. The van der Waals surface area contributed by atoms with Crippen molar-refractivity contribution in [1.29, 1.82) is 0 Å². The van der Waals surface area contributed by atoms with Gasteiger partial charge in [-0.1, -0.05) is 42.0 Å². The van der Waals surface area contributed by atoms with Crippen molar-refractivity contribution >= 4 is 17.5 Å². The molecule has 1 N–H and O–H groups in total. The predicted molar refractivity (Wildman–Crippen MR) is 109 cm³/mol. The van der Waals surface area contributed by atoms with E-state index in [9.17, 15) is 4.39 Å². The first-order valence-corrected chi connectivity index (χ1v) is 9.42. The molecule has 3 aromatic rings. The van der Waals surface area contributed by atoms with Crippen molar-refractivity contribution in [3.63, 3.8) is 0 Å². The van der Waals surface area contributed by atoms with Gasteiger partial charge in [0.05, 0.1) is 11.9 Å². The summed E-state index contributed by atoms with van der Waals surface area (Å²) in [5, 5.41) is 11.4. The fourth-order valence-electron chi connectivity index (χ4n) is 3.29. The van der Waals surface area contributed by atoms with Gasteiger partial charge in [0.15, 0.2) is 5.82 Å². The van der Waals surface area contributed by atoms with Crippen molar-refractivity contribution in [3.8, 4) is 0 Å². The van der Waals surface area contributed by atoms with Crippen molar-refractivity contribution < 1.29 is 4.39 Å². The number of halogens is 1. The number of nitrogens with one attached hydrogen (secondary N) is 1. The van der Waals surface area contributed by atoms with Gasteiger partial charge in [0.2, 0.25) is 5.95 Å². The lowest BCUT2D eigenvalue weighted by molar-refractivity contribution is 0.595. The quantitative estimate of drug-likeness (QED) is 0.736. The molecule has 0 atom stereocenters. The normalized spacial score (nSPS) is 14.2. The number of hydrogen-bond acceptors (Lipinski definition) is 6. The molecule has 0 aliphatic carbocycles. The van der Waals surface area contributed by atoms with Gasteiger partial charge in [0.1, 0.15) is 5.82 Å². The first-order valence-electron chi connectivity index (χ1n) is 9.42. The van der Waals surface area contributed by atoms with Gasteiger partial charge in [-0.2, -0.15) is 10.1 Å². The van der Waals surface area contributed by atoms with Crippen LogP contribution in [0.25, 0.3) is 0 Å². The Morgan fingerprint density at radius 3 is 2.43 bits per heavy atom. The number of hydrogen-bond donors (Lipinski definition) is 1. The Morgan fingerprint density at radius 2 is 1.68 bits per heavy atom. The molecule has 2 aromatic carbocycles. The molecule has 0 unspecified atom stereocenters. The molecular weight excluding hydrogens is 355 g/mol. The average molecular weight is 378 g/mol. The van der Waals surface area contributed by atoms with Crippen LogP contribution in [0.5, 0.6) is 0 Å². The van der Waals surface area contributed by atoms with E-state index in [0.29, 0.717) is 18.2 Å². The summed E-state index contributed by atoms with van der Waals surface area (Å²) in [6.45, 7) is 5.69. The summed E-state index contributed by atoms with van der Waals surface area (Å²) in [5.41, 5.74) is 3.06. The Balaban J connectivity index is 1.37. The monoisotopic (exact) mass is 378 g/mol. The summed E-state index contributed by atoms with van der Waals surface area (Å²) in [6.07, 6.45) is 1.68. The van der Waals surface area contributed by atoms with Crippen LogP contribution in [-0.4, -0.2) is 41.4 Å². The summed E-state index contributed by atoms with van der Waals surface area (Å²) >= 11 is 0. The minimum atomic E-state index is -0.178. The molecule has 0 bridgehead atoms. The van der Waals surface area contributed by atoms with E-state index >= 15 is 0 Å². The third kappa shape index (κ3) is 4.19. The lowest BCUT2D eigenvalue weighted by atomic mass is 10.1. The lowest BCUT2D eigenvalue weighted by Gasteiger charge is -2.36. The maximum atomic E-state index is 14.0.